The lowest BCUT2D eigenvalue weighted by Gasteiger charge is -2.16. The normalized spacial score (nSPS) is 12.4. The van der Waals surface area contributed by atoms with E-state index in [1.165, 1.54) is 12.1 Å². The van der Waals surface area contributed by atoms with Gasteiger partial charge in [0.25, 0.3) is 5.91 Å². The minimum Gasteiger partial charge on any atom is -0.394 e. The van der Waals surface area contributed by atoms with Gasteiger partial charge in [-0.3, -0.25) is 9.78 Å². The Morgan fingerprint density at radius 1 is 1.45 bits per heavy atom. The van der Waals surface area contributed by atoms with Crippen molar-refractivity contribution >= 4 is 28.6 Å². The van der Waals surface area contributed by atoms with Gasteiger partial charge in [0.2, 0.25) is 0 Å². The zero-order valence-electron chi connectivity index (χ0n) is 12.6. The maximum absolute atomic E-state index is 13.5. The van der Waals surface area contributed by atoms with Crippen molar-refractivity contribution < 1.29 is 14.3 Å². The number of halogens is 1. The van der Waals surface area contributed by atoms with E-state index in [-0.39, 0.29) is 18.6 Å². The number of nitrogens with zero attached hydrogens (tertiary/aromatic N) is 1. The van der Waals surface area contributed by atoms with E-state index in [2.05, 4.69) is 10.3 Å². The molecule has 0 saturated carbocycles. The Balaban J connectivity index is 2.32. The molecule has 0 saturated heterocycles. The summed E-state index contributed by atoms with van der Waals surface area (Å²) in [6.07, 6.45) is 2.65. The van der Waals surface area contributed by atoms with Gasteiger partial charge in [0.1, 0.15) is 5.82 Å². The second-order valence-corrected chi connectivity index (χ2v) is 6.09. The molecule has 1 atom stereocenters. The maximum Gasteiger partial charge on any atom is 0.252 e. The molecule has 1 aromatic carbocycles. The first-order valence-electron chi connectivity index (χ1n) is 7.02. The van der Waals surface area contributed by atoms with Gasteiger partial charge in [0.15, 0.2) is 0 Å². The number of amides is 1. The fraction of sp³-hybridized carbons (Fsp3) is 0.375. The zero-order chi connectivity index (χ0) is 16.1. The number of aromatic nitrogens is 1. The van der Waals surface area contributed by atoms with Gasteiger partial charge in [0, 0.05) is 11.1 Å². The summed E-state index contributed by atoms with van der Waals surface area (Å²) in [7, 11) is 0. The Morgan fingerprint density at radius 3 is 2.91 bits per heavy atom. The first-order valence-corrected chi connectivity index (χ1v) is 8.42. The zero-order valence-corrected chi connectivity index (χ0v) is 13.4. The molecule has 2 rings (SSSR count). The lowest BCUT2D eigenvalue weighted by Crippen LogP contribution is -2.38. The van der Waals surface area contributed by atoms with E-state index in [1.807, 2.05) is 6.26 Å². The summed E-state index contributed by atoms with van der Waals surface area (Å²) in [5, 5.41) is 12.6. The van der Waals surface area contributed by atoms with Crippen LogP contribution in [0.5, 0.6) is 0 Å². The van der Waals surface area contributed by atoms with Crippen LogP contribution in [-0.2, 0) is 0 Å². The van der Waals surface area contributed by atoms with Crippen molar-refractivity contribution in [1.29, 1.82) is 0 Å². The van der Waals surface area contributed by atoms with E-state index in [0.717, 1.165) is 5.75 Å². The van der Waals surface area contributed by atoms with Gasteiger partial charge in [-0.2, -0.15) is 11.8 Å². The molecule has 1 aromatic heterocycles. The molecule has 22 heavy (non-hydrogen) atoms. The molecule has 6 heteroatoms. The quantitative estimate of drug-likeness (QED) is 0.858. The third-order valence-electron chi connectivity index (χ3n) is 3.37. The number of pyridine rings is 1. The number of hydrogen-bond donors (Lipinski definition) is 2. The molecular formula is C16H19FN2O2S. The van der Waals surface area contributed by atoms with Crippen LogP contribution >= 0.6 is 11.8 Å². The smallest absolute Gasteiger partial charge is 0.252 e. The maximum atomic E-state index is 13.5. The van der Waals surface area contributed by atoms with E-state index in [4.69, 9.17) is 0 Å². The second kappa shape index (κ2) is 7.56. The third kappa shape index (κ3) is 3.96. The van der Waals surface area contributed by atoms with Gasteiger partial charge in [0.05, 0.1) is 23.7 Å². The molecule has 2 aromatic rings. The first-order chi connectivity index (χ1) is 10.5. The molecule has 0 aliphatic heterocycles. The van der Waals surface area contributed by atoms with Crippen LogP contribution in [-0.4, -0.2) is 40.7 Å². The minimum atomic E-state index is -0.409. The van der Waals surface area contributed by atoms with Crippen molar-refractivity contribution in [3.63, 3.8) is 0 Å². The molecule has 0 bridgehead atoms. The highest BCUT2D eigenvalue weighted by Gasteiger charge is 2.16. The van der Waals surface area contributed by atoms with Gasteiger partial charge in [-0.1, -0.05) is 0 Å². The highest BCUT2D eigenvalue weighted by Crippen LogP contribution is 2.20. The number of carbonyl (C=O) groups is 1. The van der Waals surface area contributed by atoms with Crippen LogP contribution < -0.4 is 5.32 Å². The number of nitrogens with one attached hydrogen (secondary N) is 1. The number of thioether (sulfide) groups is 1. The number of fused-ring (bicyclic) bond motifs is 1. The Kier molecular flexibility index (Phi) is 5.74. The predicted octanol–water partition coefficient (Wildman–Crippen LogP) is 2.53. The van der Waals surface area contributed by atoms with Gasteiger partial charge in [-0.25, -0.2) is 4.39 Å². The fourth-order valence-electron chi connectivity index (χ4n) is 2.25. The number of benzene rings is 1. The first kappa shape index (κ1) is 16.7. The van der Waals surface area contributed by atoms with Crippen LogP contribution in [0.1, 0.15) is 22.5 Å². The SMILES string of the molecule is CSCCC(CO)NC(=O)c1cc(C)nc2ccc(F)cc12. The van der Waals surface area contributed by atoms with E-state index >= 15 is 0 Å². The summed E-state index contributed by atoms with van der Waals surface area (Å²) >= 11 is 1.65. The van der Waals surface area contributed by atoms with Gasteiger partial charge in [-0.05, 0) is 49.6 Å². The fourth-order valence-corrected chi connectivity index (χ4v) is 2.77. The summed E-state index contributed by atoms with van der Waals surface area (Å²) in [6.45, 7) is 1.67. The average Bonchev–Trinajstić information content (AvgIpc) is 2.50. The predicted molar refractivity (Wildman–Crippen MR) is 87.8 cm³/mol. The Labute approximate surface area is 133 Å². The largest absolute Gasteiger partial charge is 0.394 e. The molecule has 1 amide bonds. The summed E-state index contributed by atoms with van der Waals surface area (Å²) < 4.78 is 13.5. The average molecular weight is 322 g/mol. The van der Waals surface area contributed by atoms with E-state index in [9.17, 15) is 14.3 Å². The number of aryl methyl sites for hydroxylation is 1. The Hall–Kier alpha value is -1.66. The van der Waals surface area contributed by atoms with Crippen molar-refractivity contribution in [2.45, 2.75) is 19.4 Å². The van der Waals surface area contributed by atoms with Crippen LogP contribution in [0.4, 0.5) is 4.39 Å². The number of aliphatic hydroxyl groups is 1. The van der Waals surface area contributed by atoms with E-state index < -0.39 is 5.82 Å². The van der Waals surface area contributed by atoms with Crippen molar-refractivity contribution in [2.24, 2.45) is 0 Å². The summed E-state index contributed by atoms with van der Waals surface area (Å²) in [4.78, 5) is 16.8. The molecule has 0 aliphatic rings. The molecule has 2 N–H and O–H groups in total. The van der Waals surface area contributed by atoms with Crippen LogP contribution in [0.3, 0.4) is 0 Å². The lowest BCUT2D eigenvalue weighted by atomic mass is 10.1. The highest BCUT2D eigenvalue weighted by molar-refractivity contribution is 7.98. The molecule has 0 aliphatic carbocycles. The summed E-state index contributed by atoms with van der Waals surface area (Å²) in [5.41, 5.74) is 1.65. The monoisotopic (exact) mass is 322 g/mol. The number of hydrogen-bond acceptors (Lipinski definition) is 4. The van der Waals surface area contributed by atoms with Crippen LogP contribution in [0.15, 0.2) is 24.3 Å². The molecule has 1 unspecified atom stereocenters. The highest BCUT2D eigenvalue weighted by atomic mass is 32.2. The molecule has 118 valence electrons. The van der Waals surface area contributed by atoms with E-state index in [0.29, 0.717) is 28.6 Å². The van der Waals surface area contributed by atoms with Gasteiger partial charge in [-0.15, -0.1) is 0 Å². The van der Waals surface area contributed by atoms with Crippen molar-refractivity contribution in [1.82, 2.24) is 10.3 Å². The molecule has 0 spiro atoms. The molecule has 0 fully saturated rings. The van der Waals surface area contributed by atoms with Crippen LogP contribution in [0.25, 0.3) is 10.9 Å². The summed E-state index contributed by atoms with van der Waals surface area (Å²) in [5.74, 6) is 0.116. The van der Waals surface area contributed by atoms with Crippen molar-refractivity contribution in [3.05, 3.63) is 41.3 Å². The molecular weight excluding hydrogens is 303 g/mol. The minimum absolute atomic E-state index is 0.122. The van der Waals surface area contributed by atoms with Crippen LogP contribution in [0, 0.1) is 12.7 Å². The van der Waals surface area contributed by atoms with Gasteiger partial charge < -0.3 is 10.4 Å². The number of aliphatic hydroxyl groups excluding tert-OH is 1. The standard InChI is InChI=1S/C16H19FN2O2S/c1-10-7-14(13-8-11(17)3-4-15(13)18-10)16(21)19-12(9-20)5-6-22-2/h3-4,7-8,12,20H,5-6,9H2,1-2H3,(H,19,21). The third-order valence-corrected chi connectivity index (χ3v) is 4.01. The van der Waals surface area contributed by atoms with Gasteiger partial charge >= 0.3 is 0 Å². The number of rotatable bonds is 6. The number of carbonyl (C=O) groups excluding carboxylic acids is 1. The van der Waals surface area contributed by atoms with Crippen LogP contribution in [0.2, 0.25) is 0 Å². The topological polar surface area (TPSA) is 62.2 Å². The molecule has 0 radical (unpaired) electrons. The van der Waals surface area contributed by atoms with Crippen molar-refractivity contribution in [3.8, 4) is 0 Å². The van der Waals surface area contributed by atoms with Crippen molar-refractivity contribution in [2.75, 3.05) is 18.6 Å². The molecule has 4 nitrogen and oxygen atoms in total. The second-order valence-electron chi connectivity index (χ2n) is 5.11. The lowest BCUT2D eigenvalue weighted by molar-refractivity contribution is 0.0917. The summed E-state index contributed by atoms with van der Waals surface area (Å²) in [6, 6.07) is 5.53. The molecule has 1 heterocycles. The van der Waals surface area contributed by atoms with E-state index in [1.54, 1.807) is 30.8 Å². The Morgan fingerprint density at radius 2 is 2.23 bits per heavy atom. The Bertz CT molecular complexity index is 678.